The molecule has 8 heteroatoms. The van der Waals surface area contributed by atoms with E-state index in [-0.39, 0.29) is 23.1 Å². The maximum Gasteiger partial charge on any atom is 0.407 e. The number of carbonyl (C=O) groups excluding carboxylic acids is 1. The Labute approximate surface area is 247 Å². The Hall–Kier alpha value is -2.90. The number of aromatic nitrogens is 2. The number of ether oxygens (including phenoxy) is 1. The van der Waals surface area contributed by atoms with Crippen molar-refractivity contribution in [1.29, 1.82) is 0 Å². The second-order valence-electron chi connectivity index (χ2n) is 13.6. The number of likely N-dealkylation sites (tertiary alicyclic amines) is 1. The van der Waals surface area contributed by atoms with Crippen LogP contribution in [0.25, 0.3) is 16.6 Å². The molecule has 41 heavy (non-hydrogen) atoms. The minimum Gasteiger partial charge on any atom is -0.444 e. The fraction of sp³-hybridized carbons (Fsp3) is 0.545. The SMILES string of the molecule is CC(C)(C)OC(=O)NC1CCC(N2CCC(c3ccc4c(c3)C(C)(C)c3nc(=O)c5c(Cl)cccc5n3-4)CC2)CC1. The van der Waals surface area contributed by atoms with Crippen LogP contribution in [-0.4, -0.2) is 51.3 Å². The lowest BCUT2D eigenvalue weighted by Gasteiger charge is -2.41. The first kappa shape index (κ1) is 28.2. The van der Waals surface area contributed by atoms with Gasteiger partial charge < -0.3 is 15.0 Å². The molecule has 2 fully saturated rings. The maximum atomic E-state index is 13.0. The van der Waals surface area contributed by atoms with E-state index in [4.69, 9.17) is 16.3 Å². The molecule has 1 aliphatic carbocycles. The monoisotopic (exact) mass is 576 g/mol. The van der Waals surface area contributed by atoms with E-state index in [1.54, 1.807) is 6.07 Å². The van der Waals surface area contributed by atoms with Gasteiger partial charge in [0.25, 0.3) is 5.56 Å². The van der Waals surface area contributed by atoms with Crippen molar-refractivity contribution >= 4 is 28.6 Å². The molecule has 0 spiro atoms. The predicted molar refractivity (Wildman–Crippen MR) is 163 cm³/mol. The van der Waals surface area contributed by atoms with Crippen molar-refractivity contribution in [2.75, 3.05) is 13.1 Å². The van der Waals surface area contributed by atoms with Crippen molar-refractivity contribution in [2.24, 2.45) is 0 Å². The van der Waals surface area contributed by atoms with E-state index in [2.05, 4.69) is 51.8 Å². The van der Waals surface area contributed by atoms with Gasteiger partial charge in [0.1, 0.15) is 11.4 Å². The summed E-state index contributed by atoms with van der Waals surface area (Å²) in [5, 5.41) is 3.99. The van der Waals surface area contributed by atoms with Crippen molar-refractivity contribution in [3.8, 4) is 5.69 Å². The molecule has 3 aliphatic rings. The van der Waals surface area contributed by atoms with Crippen LogP contribution in [0.1, 0.15) is 96.0 Å². The zero-order valence-electron chi connectivity index (χ0n) is 24.8. The van der Waals surface area contributed by atoms with E-state index < -0.39 is 5.60 Å². The van der Waals surface area contributed by atoms with Gasteiger partial charge in [0.15, 0.2) is 0 Å². The summed E-state index contributed by atoms with van der Waals surface area (Å²) in [4.78, 5) is 32.3. The highest BCUT2D eigenvalue weighted by molar-refractivity contribution is 6.35. The van der Waals surface area contributed by atoms with Gasteiger partial charge in [-0.25, -0.2) is 4.79 Å². The Bertz CT molecular complexity index is 1540. The van der Waals surface area contributed by atoms with Crippen LogP contribution in [0.3, 0.4) is 0 Å². The Morgan fingerprint density at radius 2 is 1.76 bits per heavy atom. The number of amides is 1. The molecule has 1 saturated carbocycles. The highest BCUT2D eigenvalue weighted by Gasteiger charge is 2.39. The van der Waals surface area contributed by atoms with Crippen LogP contribution >= 0.6 is 11.6 Å². The van der Waals surface area contributed by atoms with E-state index in [1.165, 1.54) is 11.1 Å². The van der Waals surface area contributed by atoms with Crippen LogP contribution in [0, 0.1) is 0 Å². The zero-order chi connectivity index (χ0) is 29.1. The average molecular weight is 577 g/mol. The van der Waals surface area contributed by atoms with Crippen LogP contribution in [0.4, 0.5) is 4.79 Å². The summed E-state index contributed by atoms with van der Waals surface area (Å²) in [6.45, 7) is 12.2. The van der Waals surface area contributed by atoms with Gasteiger partial charge in [0.2, 0.25) is 0 Å². The second kappa shape index (κ2) is 10.4. The van der Waals surface area contributed by atoms with Gasteiger partial charge in [-0.05, 0) is 121 Å². The molecule has 3 heterocycles. The minimum absolute atomic E-state index is 0.204. The van der Waals surface area contributed by atoms with Gasteiger partial charge in [-0.15, -0.1) is 0 Å². The highest BCUT2D eigenvalue weighted by atomic mass is 35.5. The van der Waals surface area contributed by atoms with E-state index in [1.807, 2.05) is 32.9 Å². The molecule has 3 aromatic rings. The molecule has 0 radical (unpaired) electrons. The zero-order valence-corrected chi connectivity index (χ0v) is 25.6. The summed E-state index contributed by atoms with van der Waals surface area (Å²) in [5.74, 6) is 1.29. The number of fused-ring (bicyclic) bond motifs is 5. The molecular formula is C33H41ClN4O3. The van der Waals surface area contributed by atoms with Crippen molar-refractivity contribution in [2.45, 2.75) is 102 Å². The topological polar surface area (TPSA) is 76.5 Å². The van der Waals surface area contributed by atoms with Gasteiger partial charge in [0.05, 0.1) is 27.0 Å². The number of hydrogen-bond donors (Lipinski definition) is 1. The largest absolute Gasteiger partial charge is 0.444 e. The summed E-state index contributed by atoms with van der Waals surface area (Å²) >= 11 is 6.43. The molecule has 1 amide bonds. The third-order valence-corrected chi connectivity index (χ3v) is 9.61. The maximum absolute atomic E-state index is 13.0. The summed E-state index contributed by atoms with van der Waals surface area (Å²) < 4.78 is 7.56. The number of alkyl carbamates (subject to hydrolysis) is 1. The quantitative estimate of drug-likeness (QED) is 0.376. The molecule has 0 bridgehead atoms. The fourth-order valence-corrected chi connectivity index (χ4v) is 7.42. The number of piperidine rings is 1. The van der Waals surface area contributed by atoms with E-state index in [0.717, 1.165) is 68.6 Å². The summed E-state index contributed by atoms with van der Waals surface area (Å²) in [6, 6.07) is 13.2. The molecule has 1 N–H and O–H groups in total. The smallest absolute Gasteiger partial charge is 0.407 e. The van der Waals surface area contributed by atoms with Crippen molar-refractivity contribution in [1.82, 2.24) is 19.8 Å². The van der Waals surface area contributed by atoms with Crippen LogP contribution in [0.15, 0.2) is 41.2 Å². The molecule has 7 nitrogen and oxygen atoms in total. The summed E-state index contributed by atoms with van der Waals surface area (Å²) in [7, 11) is 0. The van der Waals surface area contributed by atoms with E-state index in [0.29, 0.717) is 22.4 Å². The molecule has 218 valence electrons. The number of nitrogens with one attached hydrogen (secondary N) is 1. The van der Waals surface area contributed by atoms with Gasteiger partial charge >= 0.3 is 6.09 Å². The molecule has 0 unspecified atom stereocenters. The molecule has 6 rings (SSSR count). The van der Waals surface area contributed by atoms with Gasteiger partial charge in [-0.2, -0.15) is 4.98 Å². The third-order valence-electron chi connectivity index (χ3n) is 9.29. The van der Waals surface area contributed by atoms with E-state index >= 15 is 0 Å². The number of nitrogens with zero attached hydrogens (tertiary/aromatic N) is 3. The summed E-state index contributed by atoms with van der Waals surface area (Å²) in [5.41, 5.74) is 3.38. The predicted octanol–water partition coefficient (Wildman–Crippen LogP) is 6.69. The van der Waals surface area contributed by atoms with E-state index in [9.17, 15) is 9.59 Å². The molecule has 0 atom stereocenters. The lowest BCUT2D eigenvalue weighted by atomic mass is 9.81. The first-order valence-electron chi connectivity index (χ1n) is 15.0. The standard InChI is InChI=1S/C33H41ClN4O3/c1-32(2,3)41-31(40)35-22-10-12-23(13-11-22)37-17-15-20(16-18-37)21-9-14-26-24(19-21)33(4,5)30-36-29(39)28-25(34)7-6-8-27(28)38(26)30/h6-9,14,19-20,22-23H,10-13,15-18H2,1-5H3,(H,35,40). The highest BCUT2D eigenvalue weighted by Crippen LogP contribution is 2.45. The molecular weight excluding hydrogens is 536 g/mol. The normalized spacial score (nSPS) is 22.8. The Balaban J connectivity index is 1.12. The van der Waals surface area contributed by atoms with Crippen molar-refractivity contribution in [3.63, 3.8) is 0 Å². The molecule has 1 aromatic heterocycles. The Morgan fingerprint density at radius 3 is 2.44 bits per heavy atom. The number of rotatable bonds is 3. The number of halogens is 1. The second-order valence-corrected chi connectivity index (χ2v) is 14.0. The molecule has 1 saturated heterocycles. The number of carbonyl (C=O) groups is 1. The lowest BCUT2D eigenvalue weighted by Crippen LogP contribution is -2.47. The first-order valence-corrected chi connectivity index (χ1v) is 15.4. The minimum atomic E-state index is -0.469. The van der Waals surface area contributed by atoms with Crippen LogP contribution in [0.2, 0.25) is 5.02 Å². The Kier molecular flexibility index (Phi) is 7.18. The van der Waals surface area contributed by atoms with Crippen molar-refractivity contribution < 1.29 is 9.53 Å². The number of hydrogen-bond acceptors (Lipinski definition) is 5. The van der Waals surface area contributed by atoms with Crippen LogP contribution in [0.5, 0.6) is 0 Å². The first-order chi connectivity index (χ1) is 19.4. The van der Waals surface area contributed by atoms with Crippen molar-refractivity contribution in [3.05, 3.63) is 68.7 Å². The lowest BCUT2D eigenvalue weighted by molar-refractivity contribution is 0.0470. The summed E-state index contributed by atoms with van der Waals surface area (Å²) in [6.07, 6.45) is 6.19. The molecule has 2 aliphatic heterocycles. The molecule has 2 aromatic carbocycles. The Morgan fingerprint density at radius 1 is 1.05 bits per heavy atom. The van der Waals surface area contributed by atoms with Gasteiger partial charge in [-0.3, -0.25) is 9.36 Å². The van der Waals surface area contributed by atoms with Gasteiger partial charge in [0, 0.05) is 12.1 Å². The third kappa shape index (κ3) is 5.27. The fourth-order valence-electron chi connectivity index (χ4n) is 7.17. The van der Waals surface area contributed by atoms with Crippen LogP contribution in [-0.2, 0) is 10.2 Å². The van der Waals surface area contributed by atoms with Gasteiger partial charge in [-0.1, -0.05) is 29.8 Å². The van der Waals surface area contributed by atoms with Crippen LogP contribution < -0.4 is 10.9 Å². The average Bonchev–Trinajstić information content (AvgIpc) is 3.14. The number of benzene rings is 2.